The van der Waals surface area contributed by atoms with Crippen molar-refractivity contribution >= 4 is 17.8 Å². The Bertz CT molecular complexity index is 773. The van der Waals surface area contributed by atoms with Crippen LogP contribution < -0.4 is 5.32 Å². The zero-order valence-electron chi connectivity index (χ0n) is 28.5. The standard InChI is InChI=1S/C38H67NO5/c1-3-5-7-9-11-12-13-14-15-16-17-18-19-20-21-23-29-33-38(43)44-35(30-26-22-10-8-6-4-2)31-27-24-25-28-32-36(40)39-34-37(41)42/h8,10,14-15,26,30,35H,3-7,9,11-13,16-25,27-29,31-34H2,1-2H3,(H,39,40)(H,41,42)/b10-8-,15-14-,30-26-. The van der Waals surface area contributed by atoms with E-state index >= 15 is 0 Å². The molecule has 0 rings (SSSR count). The molecular weight excluding hydrogens is 550 g/mol. The summed E-state index contributed by atoms with van der Waals surface area (Å²) in [5, 5.41) is 11.0. The Morgan fingerprint density at radius 2 is 1.16 bits per heavy atom. The highest BCUT2D eigenvalue weighted by Gasteiger charge is 2.11. The molecule has 0 fully saturated rings. The quantitative estimate of drug-likeness (QED) is 0.0445. The molecule has 0 spiro atoms. The van der Waals surface area contributed by atoms with E-state index in [0.29, 0.717) is 12.8 Å². The molecule has 0 aromatic carbocycles. The van der Waals surface area contributed by atoms with Gasteiger partial charge in [-0.2, -0.15) is 0 Å². The number of carboxylic acids is 1. The number of aliphatic carboxylic acids is 1. The van der Waals surface area contributed by atoms with Crippen LogP contribution in [0.15, 0.2) is 36.5 Å². The van der Waals surface area contributed by atoms with E-state index in [9.17, 15) is 14.4 Å². The Kier molecular flexibility index (Phi) is 31.7. The lowest BCUT2D eigenvalue weighted by Gasteiger charge is -2.14. The lowest BCUT2D eigenvalue weighted by molar-refractivity contribution is -0.147. The van der Waals surface area contributed by atoms with Crippen molar-refractivity contribution in [2.75, 3.05) is 6.54 Å². The van der Waals surface area contributed by atoms with Gasteiger partial charge in [0.1, 0.15) is 12.6 Å². The first kappa shape index (κ1) is 41.6. The summed E-state index contributed by atoms with van der Waals surface area (Å²) in [6.45, 7) is 4.10. The molecule has 0 saturated carbocycles. The van der Waals surface area contributed by atoms with Crippen molar-refractivity contribution in [1.29, 1.82) is 0 Å². The maximum absolute atomic E-state index is 12.5. The number of carboxylic acid groups (broad SMARTS) is 1. The lowest BCUT2D eigenvalue weighted by atomic mass is 10.1. The normalized spacial score (nSPS) is 12.4. The van der Waals surface area contributed by atoms with Crippen molar-refractivity contribution in [2.45, 2.75) is 180 Å². The van der Waals surface area contributed by atoms with Crippen LogP contribution in [-0.4, -0.2) is 35.6 Å². The topological polar surface area (TPSA) is 92.7 Å². The average molecular weight is 618 g/mol. The molecule has 1 unspecified atom stereocenters. The summed E-state index contributed by atoms with van der Waals surface area (Å²) >= 11 is 0. The van der Waals surface area contributed by atoms with Gasteiger partial charge >= 0.3 is 11.9 Å². The van der Waals surface area contributed by atoms with Gasteiger partial charge in [0.15, 0.2) is 0 Å². The molecule has 2 N–H and O–H groups in total. The Balaban J connectivity index is 4.03. The largest absolute Gasteiger partial charge is 0.480 e. The van der Waals surface area contributed by atoms with Gasteiger partial charge in [-0.1, -0.05) is 128 Å². The van der Waals surface area contributed by atoms with E-state index in [0.717, 1.165) is 64.2 Å². The molecule has 0 saturated heterocycles. The molecule has 254 valence electrons. The number of carbonyl (C=O) groups excluding carboxylic acids is 2. The maximum Gasteiger partial charge on any atom is 0.322 e. The van der Waals surface area contributed by atoms with Crippen LogP contribution in [-0.2, 0) is 19.1 Å². The average Bonchev–Trinajstić information content (AvgIpc) is 3.00. The van der Waals surface area contributed by atoms with Gasteiger partial charge in [-0.05, 0) is 70.3 Å². The third kappa shape index (κ3) is 32.5. The van der Waals surface area contributed by atoms with Crippen LogP contribution in [0.1, 0.15) is 174 Å². The number of hydrogen-bond donors (Lipinski definition) is 2. The van der Waals surface area contributed by atoms with Crippen molar-refractivity contribution in [1.82, 2.24) is 5.32 Å². The summed E-state index contributed by atoms with van der Waals surface area (Å²) in [6.07, 6.45) is 40.0. The fourth-order valence-corrected chi connectivity index (χ4v) is 5.05. The van der Waals surface area contributed by atoms with E-state index in [2.05, 4.69) is 49.5 Å². The van der Waals surface area contributed by atoms with Crippen LogP contribution in [0.2, 0.25) is 0 Å². The Morgan fingerprint density at radius 3 is 1.77 bits per heavy atom. The molecule has 0 bridgehead atoms. The first-order chi connectivity index (χ1) is 21.5. The number of rotatable bonds is 32. The molecule has 0 radical (unpaired) electrons. The fraction of sp³-hybridized carbons (Fsp3) is 0.763. The molecule has 0 aromatic rings. The van der Waals surface area contributed by atoms with Crippen LogP contribution in [0.5, 0.6) is 0 Å². The van der Waals surface area contributed by atoms with Gasteiger partial charge in [-0.3, -0.25) is 14.4 Å². The SMILES string of the molecule is CCC/C=C\C/C=C\C(CCCCCCC(=O)NCC(=O)O)OC(=O)CCCCCCCCC/C=C\CCCCCCCC. The molecule has 0 aliphatic rings. The Labute approximate surface area is 270 Å². The molecule has 0 aliphatic carbocycles. The second kappa shape index (κ2) is 33.5. The summed E-state index contributed by atoms with van der Waals surface area (Å²) in [5.74, 6) is -1.36. The first-order valence-electron chi connectivity index (χ1n) is 18.1. The number of hydrogen-bond acceptors (Lipinski definition) is 4. The number of carbonyl (C=O) groups is 3. The summed E-state index contributed by atoms with van der Waals surface area (Å²) < 4.78 is 5.83. The summed E-state index contributed by atoms with van der Waals surface area (Å²) in [7, 11) is 0. The molecule has 0 aromatic heterocycles. The van der Waals surface area contributed by atoms with Gasteiger partial charge in [0.05, 0.1) is 0 Å². The second-order valence-corrected chi connectivity index (χ2v) is 12.1. The van der Waals surface area contributed by atoms with Crippen LogP contribution in [0, 0.1) is 0 Å². The van der Waals surface area contributed by atoms with Gasteiger partial charge in [0.25, 0.3) is 0 Å². The van der Waals surface area contributed by atoms with Crippen molar-refractivity contribution in [2.24, 2.45) is 0 Å². The zero-order valence-corrected chi connectivity index (χ0v) is 28.5. The van der Waals surface area contributed by atoms with E-state index in [1.54, 1.807) is 0 Å². The molecule has 0 heterocycles. The summed E-state index contributed by atoms with van der Waals surface area (Å²) in [6, 6.07) is 0. The number of allylic oxidation sites excluding steroid dienone is 5. The third-order valence-corrected chi connectivity index (χ3v) is 7.75. The minimum Gasteiger partial charge on any atom is -0.480 e. The smallest absolute Gasteiger partial charge is 0.322 e. The molecular formula is C38H67NO5. The zero-order chi connectivity index (χ0) is 32.4. The Hall–Kier alpha value is -2.37. The minimum atomic E-state index is -1.03. The predicted octanol–water partition coefficient (Wildman–Crippen LogP) is 10.6. The lowest BCUT2D eigenvalue weighted by Crippen LogP contribution is -2.28. The minimum absolute atomic E-state index is 0.107. The monoisotopic (exact) mass is 618 g/mol. The number of esters is 1. The van der Waals surface area contributed by atoms with Gasteiger partial charge in [0, 0.05) is 12.8 Å². The molecule has 6 nitrogen and oxygen atoms in total. The van der Waals surface area contributed by atoms with Gasteiger partial charge < -0.3 is 15.2 Å². The van der Waals surface area contributed by atoms with Crippen molar-refractivity contribution < 1.29 is 24.2 Å². The van der Waals surface area contributed by atoms with E-state index in [4.69, 9.17) is 9.84 Å². The molecule has 1 atom stereocenters. The van der Waals surface area contributed by atoms with E-state index in [1.165, 1.54) is 83.5 Å². The van der Waals surface area contributed by atoms with Crippen LogP contribution >= 0.6 is 0 Å². The van der Waals surface area contributed by atoms with Gasteiger partial charge in [-0.15, -0.1) is 0 Å². The number of ether oxygens (including phenoxy) is 1. The molecule has 1 amide bonds. The number of nitrogens with one attached hydrogen (secondary N) is 1. The maximum atomic E-state index is 12.5. The second-order valence-electron chi connectivity index (χ2n) is 12.1. The van der Waals surface area contributed by atoms with E-state index in [-0.39, 0.29) is 24.5 Å². The van der Waals surface area contributed by atoms with Crippen LogP contribution in [0.4, 0.5) is 0 Å². The Morgan fingerprint density at radius 1 is 0.614 bits per heavy atom. The van der Waals surface area contributed by atoms with Crippen molar-refractivity contribution in [3.05, 3.63) is 36.5 Å². The highest BCUT2D eigenvalue weighted by molar-refractivity contribution is 5.80. The first-order valence-corrected chi connectivity index (χ1v) is 18.1. The number of amides is 1. The summed E-state index contributed by atoms with van der Waals surface area (Å²) in [5.41, 5.74) is 0. The highest BCUT2D eigenvalue weighted by atomic mass is 16.5. The highest BCUT2D eigenvalue weighted by Crippen LogP contribution is 2.15. The fourth-order valence-electron chi connectivity index (χ4n) is 5.05. The third-order valence-electron chi connectivity index (χ3n) is 7.75. The van der Waals surface area contributed by atoms with Crippen molar-refractivity contribution in [3.63, 3.8) is 0 Å². The molecule has 0 aliphatic heterocycles. The van der Waals surface area contributed by atoms with Crippen LogP contribution in [0.25, 0.3) is 0 Å². The molecule has 44 heavy (non-hydrogen) atoms. The van der Waals surface area contributed by atoms with Crippen molar-refractivity contribution in [3.8, 4) is 0 Å². The van der Waals surface area contributed by atoms with Gasteiger partial charge in [0.2, 0.25) is 5.91 Å². The summed E-state index contributed by atoms with van der Waals surface area (Å²) in [4.78, 5) is 34.7. The molecule has 6 heteroatoms. The predicted molar refractivity (Wildman–Crippen MR) is 185 cm³/mol. The number of unbranched alkanes of at least 4 members (excludes halogenated alkanes) is 17. The van der Waals surface area contributed by atoms with Crippen LogP contribution in [0.3, 0.4) is 0 Å². The van der Waals surface area contributed by atoms with E-state index in [1.807, 2.05) is 6.08 Å². The van der Waals surface area contributed by atoms with E-state index < -0.39 is 5.97 Å². The van der Waals surface area contributed by atoms with Gasteiger partial charge in [-0.25, -0.2) is 0 Å².